The molecule has 2 aromatic carbocycles. The van der Waals surface area contributed by atoms with Crippen LogP contribution in [0, 0.1) is 23.0 Å². The lowest BCUT2D eigenvalue weighted by atomic mass is 10.1. The van der Waals surface area contributed by atoms with E-state index in [9.17, 15) is 8.78 Å². The molecule has 0 aromatic heterocycles. The third-order valence-corrected chi connectivity index (χ3v) is 3.41. The number of halogens is 3. The van der Waals surface area contributed by atoms with Crippen molar-refractivity contribution >= 4 is 21.6 Å². The minimum absolute atomic E-state index is 0.252. The standard InChI is InChI=1S/C15H11BrF2N2/c1-9(10-2-4-13(17)14(18)7-10)20-15-5-3-12(16)6-11(15)8-19/h2-7,9,20H,1H3. The number of nitrogens with one attached hydrogen (secondary N) is 1. The third-order valence-electron chi connectivity index (χ3n) is 2.92. The van der Waals surface area contributed by atoms with Gasteiger partial charge in [-0.3, -0.25) is 0 Å². The quantitative estimate of drug-likeness (QED) is 0.876. The van der Waals surface area contributed by atoms with Gasteiger partial charge in [0.2, 0.25) is 0 Å². The number of hydrogen-bond acceptors (Lipinski definition) is 2. The highest BCUT2D eigenvalue weighted by Gasteiger charge is 2.11. The highest BCUT2D eigenvalue weighted by Crippen LogP contribution is 2.25. The second-order valence-corrected chi connectivity index (χ2v) is 5.26. The van der Waals surface area contributed by atoms with Crippen LogP contribution in [0.3, 0.4) is 0 Å². The average molecular weight is 337 g/mol. The molecular weight excluding hydrogens is 326 g/mol. The highest BCUT2D eigenvalue weighted by atomic mass is 79.9. The number of hydrogen-bond donors (Lipinski definition) is 1. The molecule has 0 fully saturated rings. The van der Waals surface area contributed by atoms with Gasteiger partial charge < -0.3 is 5.32 Å². The Morgan fingerprint density at radius 1 is 1.15 bits per heavy atom. The van der Waals surface area contributed by atoms with Crippen LogP contribution in [0.25, 0.3) is 0 Å². The Morgan fingerprint density at radius 2 is 1.90 bits per heavy atom. The fraction of sp³-hybridized carbons (Fsp3) is 0.133. The number of nitrogens with zero attached hydrogens (tertiary/aromatic N) is 1. The molecule has 1 atom stereocenters. The molecule has 0 spiro atoms. The maximum Gasteiger partial charge on any atom is 0.159 e. The lowest BCUT2D eigenvalue weighted by molar-refractivity contribution is 0.506. The molecule has 0 saturated carbocycles. The summed E-state index contributed by atoms with van der Waals surface area (Å²) in [6.45, 7) is 1.82. The molecule has 2 rings (SSSR count). The molecule has 0 radical (unpaired) electrons. The maximum absolute atomic E-state index is 13.2. The van der Waals surface area contributed by atoms with Crippen molar-refractivity contribution in [3.8, 4) is 6.07 Å². The summed E-state index contributed by atoms with van der Waals surface area (Å²) in [5.74, 6) is -1.75. The Labute approximate surface area is 124 Å². The Bertz CT molecular complexity index is 680. The highest BCUT2D eigenvalue weighted by molar-refractivity contribution is 9.10. The van der Waals surface area contributed by atoms with Gasteiger partial charge in [-0.15, -0.1) is 0 Å². The topological polar surface area (TPSA) is 35.8 Å². The Balaban J connectivity index is 2.25. The molecule has 0 heterocycles. The summed E-state index contributed by atoms with van der Waals surface area (Å²) in [4.78, 5) is 0. The van der Waals surface area contributed by atoms with E-state index in [0.717, 1.165) is 16.6 Å². The minimum atomic E-state index is -0.882. The normalized spacial score (nSPS) is 11.8. The molecule has 0 aliphatic heterocycles. The summed E-state index contributed by atoms with van der Waals surface area (Å²) < 4.78 is 26.9. The van der Waals surface area contributed by atoms with Gasteiger partial charge in [0.1, 0.15) is 6.07 Å². The zero-order chi connectivity index (χ0) is 14.7. The van der Waals surface area contributed by atoms with Gasteiger partial charge >= 0.3 is 0 Å². The van der Waals surface area contributed by atoms with Crippen molar-refractivity contribution < 1.29 is 8.78 Å². The van der Waals surface area contributed by atoms with Crippen molar-refractivity contribution in [1.82, 2.24) is 0 Å². The van der Waals surface area contributed by atoms with E-state index in [-0.39, 0.29) is 6.04 Å². The molecule has 20 heavy (non-hydrogen) atoms. The van der Waals surface area contributed by atoms with Crippen LogP contribution in [0.1, 0.15) is 24.1 Å². The first kappa shape index (κ1) is 14.5. The van der Waals surface area contributed by atoms with Crippen molar-refractivity contribution in [2.24, 2.45) is 0 Å². The maximum atomic E-state index is 13.2. The van der Waals surface area contributed by atoms with Crippen molar-refractivity contribution in [2.75, 3.05) is 5.32 Å². The summed E-state index contributed by atoms with van der Waals surface area (Å²) in [6.07, 6.45) is 0. The van der Waals surface area contributed by atoms with Gasteiger partial charge in [0, 0.05) is 10.5 Å². The Kier molecular flexibility index (Phi) is 4.35. The molecular formula is C15H11BrF2N2. The fourth-order valence-corrected chi connectivity index (χ4v) is 2.19. The van der Waals surface area contributed by atoms with Crippen LogP contribution >= 0.6 is 15.9 Å². The average Bonchev–Trinajstić information content (AvgIpc) is 2.43. The predicted molar refractivity (Wildman–Crippen MR) is 77.3 cm³/mol. The van der Waals surface area contributed by atoms with Gasteiger partial charge in [0.05, 0.1) is 11.3 Å². The van der Waals surface area contributed by atoms with Crippen molar-refractivity contribution in [3.63, 3.8) is 0 Å². The van der Waals surface area contributed by atoms with E-state index in [1.165, 1.54) is 6.07 Å². The molecule has 0 bridgehead atoms. The summed E-state index contributed by atoms with van der Waals surface area (Å²) in [7, 11) is 0. The van der Waals surface area contributed by atoms with E-state index in [1.807, 2.05) is 6.92 Å². The van der Waals surface area contributed by atoms with E-state index in [4.69, 9.17) is 5.26 Å². The molecule has 102 valence electrons. The van der Waals surface area contributed by atoms with Crippen molar-refractivity contribution in [3.05, 3.63) is 63.6 Å². The first-order chi connectivity index (χ1) is 9.51. The first-order valence-corrected chi connectivity index (χ1v) is 6.71. The van der Waals surface area contributed by atoms with Gasteiger partial charge in [0.15, 0.2) is 11.6 Å². The lowest BCUT2D eigenvalue weighted by Crippen LogP contribution is -2.08. The van der Waals surface area contributed by atoms with Crippen LogP contribution < -0.4 is 5.32 Å². The van der Waals surface area contributed by atoms with Crippen molar-refractivity contribution in [1.29, 1.82) is 5.26 Å². The molecule has 0 saturated heterocycles. The molecule has 1 unspecified atom stereocenters. The van der Waals surface area contributed by atoms with Crippen LogP contribution in [0.2, 0.25) is 0 Å². The van der Waals surface area contributed by atoms with Gasteiger partial charge in [-0.1, -0.05) is 22.0 Å². The number of nitriles is 1. The van der Waals surface area contributed by atoms with E-state index >= 15 is 0 Å². The number of anilines is 1. The van der Waals surface area contributed by atoms with Crippen LogP contribution in [0.15, 0.2) is 40.9 Å². The lowest BCUT2D eigenvalue weighted by Gasteiger charge is -2.17. The van der Waals surface area contributed by atoms with Gasteiger partial charge in [-0.2, -0.15) is 5.26 Å². The van der Waals surface area contributed by atoms with Gasteiger partial charge in [-0.25, -0.2) is 8.78 Å². The van der Waals surface area contributed by atoms with E-state index < -0.39 is 11.6 Å². The van der Waals surface area contributed by atoms with Crippen LogP contribution in [-0.4, -0.2) is 0 Å². The van der Waals surface area contributed by atoms with Gasteiger partial charge in [0.25, 0.3) is 0 Å². The summed E-state index contributed by atoms with van der Waals surface area (Å²) in [6, 6.07) is 10.9. The molecule has 0 aliphatic rings. The summed E-state index contributed by atoms with van der Waals surface area (Å²) in [5.41, 5.74) is 1.73. The Morgan fingerprint density at radius 3 is 2.55 bits per heavy atom. The molecule has 2 nitrogen and oxygen atoms in total. The van der Waals surface area contributed by atoms with Gasteiger partial charge in [-0.05, 0) is 42.8 Å². The first-order valence-electron chi connectivity index (χ1n) is 5.92. The van der Waals surface area contributed by atoms with Crippen LogP contribution in [-0.2, 0) is 0 Å². The predicted octanol–water partition coefficient (Wildman–Crippen LogP) is 4.77. The monoisotopic (exact) mass is 336 g/mol. The van der Waals surface area contributed by atoms with Crippen molar-refractivity contribution in [2.45, 2.75) is 13.0 Å². The molecule has 0 amide bonds. The largest absolute Gasteiger partial charge is 0.377 e. The SMILES string of the molecule is CC(Nc1ccc(Br)cc1C#N)c1ccc(F)c(F)c1. The minimum Gasteiger partial charge on any atom is -0.377 e. The zero-order valence-electron chi connectivity index (χ0n) is 10.6. The Hall–Kier alpha value is -1.93. The molecule has 0 aliphatic carbocycles. The second-order valence-electron chi connectivity index (χ2n) is 4.34. The summed E-state index contributed by atoms with van der Waals surface area (Å²) in [5, 5.41) is 12.2. The zero-order valence-corrected chi connectivity index (χ0v) is 12.2. The molecule has 2 aromatic rings. The summed E-state index contributed by atoms with van der Waals surface area (Å²) >= 11 is 3.30. The van der Waals surface area contributed by atoms with Crippen LogP contribution in [0.5, 0.6) is 0 Å². The van der Waals surface area contributed by atoms with E-state index in [0.29, 0.717) is 16.8 Å². The van der Waals surface area contributed by atoms with Crippen LogP contribution in [0.4, 0.5) is 14.5 Å². The third kappa shape index (κ3) is 3.14. The fourth-order valence-electron chi connectivity index (χ4n) is 1.83. The molecule has 5 heteroatoms. The van der Waals surface area contributed by atoms with E-state index in [2.05, 4.69) is 27.3 Å². The second kappa shape index (κ2) is 6.02. The van der Waals surface area contributed by atoms with E-state index in [1.54, 1.807) is 18.2 Å². The molecule has 1 N–H and O–H groups in total. The number of benzene rings is 2. The number of rotatable bonds is 3. The smallest absolute Gasteiger partial charge is 0.159 e.